The van der Waals surface area contributed by atoms with Gasteiger partial charge >= 0.3 is 11.9 Å². The molecule has 0 saturated heterocycles. The first-order chi connectivity index (χ1) is 25.3. The van der Waals surface area contributed by atoms with E-state index in [2.05, 4.69) is 52.1 Å². The van der Waals surface area contributed by atoms with Gasteiger partial charge in [0.05, 0.1) is 47.4 Å². The Bertz CT molecular complexity index is 2000. The summed E-state index contributed by atoms with van der Waals surface area (Å²) in [6, 6.07) is 19.9. The molecule has 0 aliphatic carbocycles. The maximum absolute atomic E-state index is 13.6. The van der Waals surface area contributed by atoms with Crippen LogP contribution < -0.4 is 30.4 Å². The average molecular weight is 731 g/mol. The molecule has 14 nitrogen and oxygen atoms in total. The zero-order valence-electron chi connectivity index (χ0n) is 31.8. The van der Waals surface area contributed by atoms with Crippen molar-refractivity contribution in [2.45, 2.75) is 33.7 Å². The molecule has 0 fully saturated rings. The van der Waals surface area contributed by atoms with Crippen LogP contribution in [-0.2, 0) is 55.5 Å². The lowest BCUT2D eigenvalue weighted by molar-refractivity contribution is -0.970. The minimum absolute atomic E-state index is 0.0540. The zero-order valence-corrected chi connectivity index (χ0v) is 31.8. The molecule has 0 spiro atoms. The van der Waals surface area contributed by atoms with E-state index < -0.39 is 0 Å². The number of esters is 2. The van der Waals surface area contributed by atoms with E-state index in [0.29, 0.717) is 53.9 Å². The molecule has 2 atom stereocenters. The molecule has 1 unspecified atom stereocenters. The van der Waals surface area contributed by atoms with Gasteiger partial charge < -0.3 is 39.7 Å². The van der Waals surface area contributed by atoms with Crippen LogP contribution >= 0.6 is 0 Å². The highest BCUT2D eigenvalue weighted by molar-refractivity contribution is 5.92. The number of likely N-dealkylation sites (N-methyl/N-ethyl adjacent to an activating group) is 2. The van der Waals surface area contributed by atoms with Crippen LogP contribution in [0.25, 0.3) is 21.8 Å². The first-order valence-corrected chi connectivity index (χ1v) is 18.0. The van der Waals surface area contributed by atoms with Gasteiger partial charge in [0.2, 0.25) is 28.5 Å². The number of anilines is 2. The van der Waals surface area contributed by atoms with Gasteiger partial charge in [0.25, 0.3) is 6.73 Å². The van der Waals surface area contributed by atoms with Crippen molar-refractivity contribution in [2.75, 3.05) is 84.2 Å². The molecule has 4 aromatic rings. The molecule has 282 valence electrons. The number of methoxy groups -OCH3 is 1. The highest BCUT2D eigenvalue weighted by Gasteiger charge is 2.34. The molecule has 2 aromatic carbocycles. The quantitative estimate of drug-likeness (QED) is 0.0744. The topological polar surface area (TPSA) is 143 Å². The van der Waals surface area contributed by atoms with E-state index in [-0.39, 0.29) is 43.6 Å². The van der Waals surface area contributed by atoms with Crippen LogP contribution in [0.3, 0.4) is 0 Å². The lowest BCUT2D eigenvalue weighted by Crippen LogP contribution is -2.59. The number of ether oxygens (including phenoxy) is 2. The number of pyridine rings is 2. The number of aromatic nitrogens is 2. The third-order valence-corrected chi connectivity index (χ3v) is 10.1. The SMILES string of the molecule is COC(=O)CNCC[N+](C)(CC[N@@+]1(C)CCNCc2ccc3ccc(NC(C)=O)cc3[n+]2COC(=O)C1)Cc1ccc2ccc(NC(C)=O)cc2[n+]1C. The fourth-order valence-corrected chi connectivity index (χ4v) is 6.89. The number of nitrogens with one attached hydrogen (secondary N) is 4. The van der Waals surface area contributed by atoms with Gasteiger partial charge in [-0.05, 0) is 36.4 Å². The van der Waals surface area contributed by atoms with Crippen LogP contribution in [0.5, 0.6) is 0 Å². The molecular formula is C39H54N8O6+4. The molecule has 14 heteroatoms. The monoisotopic (exact) mass is 730 g/mol. The van der Waals surface area contributed by atoms with Gasteiger partial charge in [0, 0.05) is 73.3 Å². The summed E-state index contributed by atoms with van der Waals surface area (Å²) >= 11 is 0. The number of hydrogen-bond donors (Lipinski definition) is 4. The second-order valence-corrected chi connectivity index (χ2v) is 14.6. The molecule has 3 heterocycles. The molecular weight excluding hydrogens is 676 g/mol. The number of benzene rings is 2. The van der Waals surface area contributed by atoms with Crippen molar-refractivity contribution < 1.29 is 46.8 Å². The van der Waals surface area contributed by atoms with E-state index in [0.717, 1.165) is 52.0 Å². The summed E-state index contributed by atoms with van der Waals surface area (Å²) in [5, 5.41) is 14.6. The summed E-state index contributed by atoms with van der Waals surface area (Å²) in [5.41, 5.74) is 5.36. The summed E-state index contributed by atoms with van der Waals surface area (Å²) in [4.78, 5) is 48.9. The number of carbonyl (C=O) groups excluding carboxylic acids is 4. The van der Waals surface area contributed by atoms with Crippen LogP contribution in [0.4, 0.5) is 11.4 Å². The third kappa shape index (κ3) is 10.5. The number of amides is 2. The van der Waals surface area contributed by atoms with Gasteiger partial charge in [-0.3, -0.25) is 14.4 Å². The van der Waals surface area contributed by atoms with Gasteiger partial charge in [-0.15, -0.1) is 0 Å². The van der Waals surface area contributed by atoms with Crippen LogP contribution in [0.15, 0.2) is 60.7 Å². The molecule has 0 bridgehead atoms. The van der Waals surface area contributed by atoms with Crippen molar-refractivity contribution in [3.8, 4) is 0 Å². The average Bonchev–Trinajstić information content (AvgIpc) is 3.14. The van der Waals surface area contributed by atoms with E-state index in [4.69, 9.17) is 9.47 Å². The predicted octanol–water partition coefficient (Wildman–Crippen LogP) is 1.48. The fourth-order valence-electron chi connectivity index (χ4n) is 6.89. The van der Waals surface area contributed by atoms with E-state index in [1.807, 2.05) is 60.1 Å². The van der Waals surface area contributed by atoms with Crippen molar-refractivity contribution in [2.24, 2.45) is 7.05 Å². The fraction of sp³-hybridized carbons (Fsp3) is 0.436. The summed E-state index contributed by atoms with van der Waals surface area (Å²) < 4.78 is 16.1. The van der Waals surface area contributed by atoms with Crippen molar-refractivity contribution in [1.82, 2.24) is 10.6 Å². The Balaban J connectivity index is 1.35. The van der Waals surface area contributed by atoms with Crippen LogP contribution in [0.1, 0.15) is 25.2 Å². The second kappa shape index (κ2) is 17.2. The van der Waals surface area contributed by atoms with Crippen LogP contribution in [0, 0.1) is 0 Å². The number of fused-ring (bicyclic) bond motifs is 4. The molecule has 0 radical (unpaired) electrons. The van der Waals surface area contributed by atoms with Gasteiger partial charge in [-0.25, -0.2) is 4.79 Å². The van der Waals surface area contributed by atoms with Gasteiger partial charge in [-0.1, -0.05) is 0 Å². The smallest absolute Gasteiger partial charge is 0.366 e. The van der Waals surface area contributed by atoms with Gasteiger partial charge in [0.1, 0.15) is 20.1 Å². The highest BCUT2D eigenvalue weighted by atomic mass is 16.5. The molecule has 1 aliphatic rings. The Morgan fingerprint density at radius 1 is 0.943 bits per heavy atom. The Labute approximate surface area is 310 Å². The predicted molar refractivity (Wildman–Crippen MR) is 201 cm³/mol. The highest BCUT2D eigenvalue weighted by Crippen LogP contribution is 2.20. The van der Waals surface area contributed by atoms with E-state index in [9.17, 15) is 19.2 Å². The Morgan fingerprint density at radius 2 is 1.58 bits per heavy atom. The minimum atomic E-state index is -0.316. The molecule has 5 rings (SSSR count). The van der Waals surface area contributed by atoms with E-state index >= 15 is 0 Å². The lowest BCUT2D eigenvalue weighted by atomic mass is 10.1. The first-order valence-electron chi connectivity index (χ1n) is 18.0. The zero-order chi connectivity index (χ0) is 38.2. The van der Waals surface area contributed by atoms with Gasteiger partial charge in [-0.2, -0.15) is 9.13 Å². The van der Waals surface area contributed by atoms with Crippen LogP contribution in [0.2, 0.25) is 0 Å². The minimum Gasteiger partial charge on any atom is -0.468 e. The number of aryl methyl sites for hydroxylation is 1. The molecule has 0 saturated carbocycles. The number of quaternary nitrogens is 2. The standard InChI is InChI=1S/C39H52N8O6/c1-28(48)42-32-11-7-30-10-14-35(44(3)36(30)21-32)25-46(4,17-16-41-24-38(50)52-6)19-20-47(5)18-15-40-23-34-13-9-31-8-12-33(43-29(2)49)22-37(31)45(34)27-53-39(51)26-47/h7-14,21-22,40-41H,15-20,23-27H2,1-6H3/q+2/p+2/t46?,47-/m1/s1. The number of carbonyl (C=O) groups is 4. The summed E-state index contributed by atoms with van der Waals surface area (Å²) in [6.45, 7) is 8.81. The Hall–Kier alpha value is -5.02. The number of hydrogen-bond acceptors (Lipinski definition) is 8. The summed E-state index contributed by atoms with van der Waals surface area (Å²) in [7, 11) is 7.73. The molecule has 53 heavy (non-hydrogen) atoms. The third-order valence-electron chi connectivity index (χ3n) is 10.1. The Morgan fingerprint density at radius 3 is 2.26 bits per heavy atom. The molecule has 2 aromatic heterocycles. The molecule has 1 aliphatic heterocycles. The maximum Gasteiger partial charge on any atom is 0.366 e. The number of nitrogens with zero attached hydrogens (tertiary/aromatic N) is 4. The van der Waals surface area contributed by atoms with Crippen molar-refractivity contribution >= 4 is 56.9 Å². The van der Waals surface area contributed by atoms with E-state index in [1.54, 1.807) is 0 Å². The number of rotatable bonds is 12. The summed E-state index contributed by atoms with van der Waals surface area (Å²) in [6.07, 6.45) is 0. The molecule has 2 amide bonds. The largest absolute Gasteiger partial charge is 0.468 e. The van der Waals surface area contributed by atoms with Crippen LogP contribution in [-0.4, -0.2) is 106 Å². The normalized spacial score (nSPS) is 17.6. The summed E-state index contributed by atoms with van der Waals surface area (Å²) in [5.74, 6) is -0.876. The number of cyclic esters (lactones) is 1. The van der Waals surface area contributed by atoms with Crippen molar-refractivity contribution in [3.63, 3.8) is 0 Å². The molecule has 4 N–H and O–H groups in total. The maximum atomic E-state index is 13.6. The first kappa shape index (κ1) is 39.2. The van der Waals surface area contributed by atoms with Crippen molar-refractivity contribution in [1.29, 1.82) is 0 Å². The lowest BCUT2D eigenvalue weighted by Gasteiger charge is -2.39. The second-order valence-electron chi connectivity index (χ2n) is 14.6. The van der Waals surface area contributed by atoms with Crippen molar-refractivity contribution in [3.05, 3.63) is 72.1 Å². The Kier molecular flexibility index (Phi) is 12.7. The van der Waals surface area contributed by atoms with E-state index in [1.165, 1.54) is 21.0 Å². The van der Waals surface area contributed by atoms with Gasteiger partial charge in [0.15, 0.2) is 18.8 Å².